The van der Waals surface area contributed by atoms with E-state index in [1.54, 1.807) is 6.92 Å². The van der Waals surface area contributed by atoms with Crippen LogP contribution < -0.4 is 0 Å². The molecule has 21 heavy (non-hydrogen) atoms. The highest BCUT2D eigenvalue weighted by Crippen LogP contribution is 2.36. The Balaban J connectivity index is 3.60. The number of carboxylic acid groups (broad SMARTS) is 1. The van der Waals surface area contributed by atoms with E-state index in [-0.39, 0.29) is 23.1 Å². The van der Waals surface area contributed by atoms with E-state index in [1.165, 1.54) is 6.07 Å². The molecule has 0 bridgehead atoms. The number of hydrogen-bond acceptors (Lipinski definition) is 3. The molecular weight excluding hydrogens is 360 g/mol. The summed E-state index contributed by atoms with van der Waals surface area (Å²) in [5, 5.41) is 9.81. The fourth-order valence-electron chi connectivity index (χ4n) is 1.99. The minimum absolute atomic E-state index is 0.0138. The molecule has 0 fully saturated rings. The van der Waals surface area contributed by atoms with Gasteiger partial charge in [-0.25, -0.2) is 9.59 Å². The summed E-state index contributed by atoms with van der Waals surface area (Å²) in [6, 6.07) is 1.40. The van der Waals surface area contributed by atoms with Gasteiger partial charge in [-0.2, -0.15) is 0 Å². The number of carboxylic acids is 1. The van der Waals surface area contributed by atoms with E-state index in [1.807, 2.05) is 20.8 Å². The molecule has 0 aliphatic rings. The van der Waals surface area contributed by atoms with Crippen LogP contribution in [0.5, 0.6) is 0 Å². The summed E-state index contributed by atoms with van der Waals surface area (Å²) in [4.78, 5) is 23.6. The van der Waals surface area contributed by atoms with E-state index in [4.69, 9.17) is 16.3 Å². The van der Waals surface area contributed by atoms with Crippen LogP contribution in [0, 0.1) is 5.41 Å². The maximum absolute atomic E-state index is 12.0. The van der Waals surface area contributed by atoms with Crippen LogP contribution in [-0.2, 0) is 11.2 Å². The smallest absolute Gasteiger partial charge is 0.339 e. The van der Waals surface area contributed by atoms with Gasteiger partial charge in [-0.3, -0.25) is 0 Å². The summed E-state index contributed by atoms with van der Waals surface area (Å²) in [7, 11) is 0. The van der Waals surface area contributed by atoms with Gasteiger partial charge in [-0.15, -0.1) is 0 Å². The zero-order valence-electron chi connectivity index (χ0n) is 12.4. The maximum atomic E-state index is 12.0. The number of hydrogen-bond donors (Lipinski definition) is 1. The van der Waals surface area contributed by atoms with Crippen LogP contribution in [0.15, 0.2) is 10.5 Å². The quantitative estimate of drug-likeness (QED) is 0.781. The molecule has 0 aromatic heterocycles. The monoisotopic (exact) mass is 376 g/mol. The Bertz CT molecular complexity index is 576. The normalized spacial score (nSPS) is 11.3. The van der Waals surface area contributed by atoms with Gasteiger partial charge in [0.25, 0.3) is 0 Å². The second-order valence-electron chi connectivity index (χ2n) is 5.84. The Morgan fingerprint density at radius 3 is 2.38 bits per heavy atom. The highest BCUT2D eigenvalue weighted by molar-refractivity contribution is 9.10. The predicted octanol–water partition coefficient (Wildman–Crippen LogP) is 4.57. The van der Waals surface area contributed by atoms with E-state index >= 15 is 0 Å². The molecule has 0 saturated carbocycles. The zero-order valence-corrected chi connectivity index (χ0v) is 14.8. The van der Waals surface area contributed by atoms with Gasteiger partial charge < -0.3 is 9.84 Å². The average Bonchev–Trinajstić information content (AvgIpc) is 2.32. The van der Waals surface area contributed by atoms with Crippen molar-refractivity contribution in [1.29, 1.82) is 0 Å². The Kier molecular flexibility index (Phi) is 5.82. The third-order valence-corrected chi connectivity index (χ3v) is 4.02. The lowest BCUT2D eigenvalue weighted by atomic mass is 9.85. The van der Waals surface area contributed by atoms with Crippen LogP contribution in [0.4, 0.5) is 0 Å². The van der Waals surface area contributed by atoms with Crippen LogP contribution in [-0.4, -0.2) is 23.7 Å². The molecule has 1 N–H and O–H groups in total. The second kappa shape index (κ2) is 6.79. The van der Waals surface area contributed by atoms with E-state index in [0.29, 0.717) is 21.5 Å². The number of halogens is 2. The lowest BCUT2D eigenvalue weighted by molar-refractivity contribution is 0.0514. The third-order valence-electron chi connectivity index (χ3n) is 2.73. The lowest BCUT2D eigenvalue weighted by Gasteiger charge is -2.22. The van der Waals surface area contributed by atoms with Crippen molar-refractivity contribution >= 4 is 39.5 Å². The number of esters is 1. The summed E-state index contributed by atoms with van der Waals surface area (Å²) in [6.07, 6.45) is 0.430. The van der Waals surface area contributed by atoms with Gasteiger partial charge in [0.1, 0.15) is 0 Å². The van der Waals surface area contributed by atoms with Crippen molar-refractivity contribution in [1.82, 2.24) is 0 Å². The Morgan fingerprint density at radius 2 is 1.95 bits per heavy atom. The Labute approximate surface area is 137 Å². The van der Waals surface area contributed by atoms with E-state index in [2.05, 4.69) is 15.9 Å². The van der Waals surface area contributed by atoms with Gasteiger partial charge in [0.15, 0.2) is 0 Å². The Morgan fingerprint density at radius 1 is 1.38 bits per heavy atom. The molecule has 4 nitrogen and oxygen atoms in total. The molecule has 0 saturated heterocycles. The van der Waals surface area contributed by atoms with Crippen LogP contribution in [0.3, 0.4) is 0 Å². The molecule has 6 heteroatoms. The molecule has 1 aromatic rings. The third kappa shape index (κ3) is 4.45. The molecule has 1 aromatic carbocycles. The minimum atomic E-state index is -1.19. The molecule has 0 amide bonds. The second-order valence-corrected chi connectivity index (χ2v) is 7.07. The van der Waals surface area contributed by atoms with Crippen LogP contribution in [0.2, 0.25) is 5.02 Å². The molecule has 116 valence electrons. The molecule has 0 aliphatic heterocycles. The first kappa shape index (κ1) is 18.0. The van der Waals surface area contributed by atoms with E-state index < -0.39 is 11.9 Å². The standard InChI is InChI=1S/C15H18BrClO4/c1-5-21-14(20)8-6-10(16)12(17)9(7-15(2,3)4)11(8)13(18)19/h6H,5,7H2,1-4H3,(H,18,19). The van der Waals surface area contributed by atoms with Crippen molar-refractivity contribution in [3.8, 4) is 0 Å². The average molecular weight is 378 g/mol. The first-order chi connectivity index (χ1) is 9.58. The first-order valence-electron chi connectivity index (χ1n) is 6.49. The van der Waals surface area contributed by atoms with Crippen molar-refractivity contribution in [2.75, 3.05) is 6.61 Å². The highest BCUT2D eigenvalue weighted by atomic mass is 79.9. The largest absolute Gasteiger partial charge is 0.478 e. The van der Waals surface area contributed by atoms with Crippen LogP contribution >= 0.6 is 27.5 Å². The SMILES string of the molecule is CCOC(=O)c1cc(Br)c(Cl)c(CC(C)(C)C)c1C(=O)O. The van der Waals surface area contributed by atoms with E-state index in [9.17, 15) is 14.7 Å². The highest BCUT2D eigenvalue weighted by Gasteiger charge is 2.28. The van der Waals surface area contributed by atoms with Crippen molar-refractivity contribution in [2.45, 2.75) is 34.1 Å². The number of ether oxygens (including phenoxy) is 1. The molecule has 0 unspecified atom stereocenters. The van der Waals surface area contributed by atoms with E-state index in [0.717, 1.165) is 0 Å². The summed E-state index contributed by atoms with van der Waals surface area (Å²) in [5.41, 5.74) is 0.186. The van der Waals surface area contributed by atoms with Crippen molar-refractivity contribution in [3.05, 3.63) is 32.3 Å². The molecule has 1 rings (SSSR count). The molecular formula is C15H18BrClO4. The summed E-state index contributed by atoms with van der Waals surface area (Å²) < 4.78 is 5.42. The number of rotatable bonds is 4. The fraction of sp³-hybridized carbons (Fsp3) is 0.467. The van der Waals surface area contributed by atoms with Gasteiger partial charge in [-0.1, -0.05) is 32.4 Å². The van der Waals surface area contributed by atoms with Crippen molar-refractivity contribution < 1.29 is 19.4 Å². The summed E-state index contributed by atoms with van der Waals surface area (Å²) in [6.45, 7) is 7.76. The number of benzene rings is 1. The van der Waals surface area contributed by atoms with Crippen LogP contribution in [0.25, 0.3) is 0 Å². The maximum Gasteiger partial charge on any atom is 0.339 e. The summed E-state index contributed by atoms with van der Waals surface area (Å²) in [5.74, 6) is -1.85. The topological polar surface area (TPSA) is 63.6 Å². The van der Waals surface area contributed by atoms with Gasteiger partial charge in [0.05, 0.1) is 22.8 Å². The molecule has 0 heterocycles. The van der Waals surface area contributed by atoms with Crippen molar-refractivity contribution in [3.63, 3.8) is 0 Å². The van der Waals surface area contributed by atoms with Gasteiger partial charge >= 0.3 is 11.9 Å². The lowest BCUT2D eigenvalue weighted by Crippen LogP contribution is -2.18. The molecule has 0 aliphatic carbocycles. The van der Waals surface area contributed by atoms with Crippen LogP contribution in [0.1, 0.15) is 54.0 Å². The number of aromatic carboxylic acids is 1. The van der Waals surface area contributed by atoms with Gasteiger partial charge in [-0.05, 0) is 46.3 Å². The zero-order chi connectivity index (χ0) is 16.4. The predicted molar refractivity (Wildman–Crippen MR) is 85.2 cm³/mol. The first-order valence-corrected chi connectivity index (χ1v) is 7.67. The molecule has 0 atom stereocenters. The Hall–Kier alpha value is -1.07. The van der Waals surface area contributed by atoms with Gasteiger partial charge in [0.2, 0.25) is 0 Å². The van der Waals surface area contributed by atoms with Crippen molar-refractivity contribution in [2.24, 2.45) is 5.41 Å². The summed E-state index contributed by atoms with van der Waals surface area (Å²) >= 11 is 9.51. The minimum Gasteiger partial charge on any atom is -0.478 e. The number of carbonyl (C=O) groups excluding carboxylic acids is 1. The number of carbonyl (C=O) groups is 2. The van der Waals surface area contributed by atoms with Gasteiger partial charge in [0, 0.05) is 4.47 Å². The molecule has 0 radical (unpaired) electrons. The fourth-order valence-corrected chi connectivity index (χ4v) is 2.67. The molecule has 0 spiro atoms.